The number of carbonyl (C=O) groups excluding carboxylic acids is 1. The van der Waals surface area contributed by atoms with Crippen molar-refractivity contribution in [3.63, 3.8) is 0 Å². The van der Waals surface area contributed by atoms with Gasteiger partial charge in [0.2, 0.25) is 5.91 Å². The molecule has 1 aromatic carbocycles. The smallest absolute Gasteiger partial charge is 0.245 e. The molecule has 144 valence electrons. The standard InChI is InChI=1S/C22H30N4O/c1-18(2)21-23-11-13-26(21)19(3)22(27)25-16-14-24(15-17-25)12-7-10-20-8-5-4-6-9-20/h4-11,13,18-19H,12,14-17H2,1-3H3/b10-7+/t19-/m0/s1. The number of hydrogen-bond acceptors (Lipinski definition) is 3. The van der Waals surface area contributed by atoms with E-state index in [9.17, 15) is 4.79 Å². The summed E-state index contributed by atoms with van der Waals surface area (Å²) in [6, 6.07) is 10.1. The molecular weight excluding hydrogens is 336 g/mol. The summed E-state index contributed by atoms with van der Waals surface area (Å²) < 4.78 is 2.02. The van der Waals surface area contributed by atoms with Crippen molar-refractivity contribution >= 4 is 12.0 Å². The fourth-order valence-electron chi connectivity index (χ4n) is 3.54. The van der Waals surface area contributed by atoms with E-state index in [2.05, 4.69) is 60.1 Å². The quantitative estimate of drug-likeness (QED) is 0.787. The number of hydrogen-bond donors (Lipinski definition) is 0. The normalized spacial score (nSPS) is 17.0. The van der Waals surface area contributed by atoms with E-state index in [0.717, 1.165) is 38.5 Å². The molecule has 27 heavy (non-hydrogen) atoms. The van der Waals surface area contributed by atoms with E-state index in [1.54, 1.807) is 6.20 Å². The van der Waals surface area contributed by atoms with Crippen molar-refractivity contribution in [1.29, 1.82) is 0 Å². The SMILES string of the molecule is CC(C)c1nccn1[C@@H](C)C(=O)N1CCN(C/C=C/c2ccccc2)CC1. The van der Waals surface area contributed by atoms with Crippen molar-refractivity contribution < 1.29 is 4.79 Å². The second-order valence-corrected chi connectivity index (χ2v) is 7.46. The molecule has 1 aliphatic heterocycles. The number of imidazole rings is 1. The summed E-state index contributed by atoms with van der Waals surface area (Å²) in [6.07, 6.45) is 8.07. The van der Waals surface area contributed by atoms with E-state index in [1.165, 1.54) is 5.56 Å². The van der Waals surface area contributed by atoms with Crippen LogP contribution in [0.2, 0.25) is 0 Å². The zero-order valence-electron chi connectivity index (χ0n) is 16.6. The average Bonchev–Trinajstić information content (AvgIpc) is 3.18. The van der Waals surface area contributed by atoms with Crippen LogP contribution < -0.4 is 0 Å². The Morgan fingerprint density at radius 2 is 1.81 bits per heavy atom. The lowest BCUT2D eigenvalue weighted by Crippen LogP contribution is -2.50. The molecule has 0 aliphatic carbocycles. The van der Waals surface area contributed by atoms with Gasteiger partial charge in [-0.1, -0.05) is 56.3 Å². The van der Waals surface area contributed by atoms with Gasteiger partial charge in [0, 0.05) is 51.0 Å². The molecule has 3 rings (SSSR count). The van der Waals surface area contributed by atoms with Gasteiger partial charge >= 0.3 is 0 Å². The Morgan fingerprint density at radius 3 is 2.48 bits per heavy atom. The molecule has 0 N–H and O–H groups in total. The number of carbonyl (C=O) groups is 1. The van der Waals surface area contributed by atoms with Crippen molar-refractivity contribution in [2.24, 2.45) is 0 Å². The van der Waals surface area contributed by atoms with E-state index in [0.29, 0.717) is 5.92 Å². The maximum absolute atomic E-state index is 12.9. The molecule has 0 unspecified atom stereocenters. The van der Waals surface area contributed by atoms with Crippen LogP contribution in [0.1, 0.15) is 44.1 Å². The monoisotopic (exact) mass is 366 g/mol. The van der Waals surface area contributed by atoms with E-state index in [1.807, 2.05) is 28.7 Å². The Balaban J connectivity index is 1.50. The predicted octanol–water partition coefficient (Wildman–Crippen LogP) is 3.43. The van der Waals surface area contributed by atoms with Gasteiger partial charge in [-0.3, -0.25) is 9.69 Å². The molecule has 1 aromatic heterocycles. The van der Waals surface area contributed by atoms with Crippen LogP contribution in [0.15, 0.2) is 48.8 Å². The highest BCUT2D eigenvalue weighted by Crippen LogP contribution is 2.19. The van der Waals surface area contributed by atoms with Gasteiger partial charge in [-0.25, -0.2) is 4.98 Å². The summed E-state index contributed by atoms with van der Waals surface area (Å²) in [5.41, 5.74) is 1.22. The average molecular weight is 367 g/mol. The zero-order chi connectivity index (χ0) is 19.2. The Kier molecular flexibility index (Phi) is 6.45. The van der Waals surface area contributed by atoms with Crippen LogP contribution >= 0.6 is 0 Å². The molecule has 0 bridgehead atoms. The number of piperazine rings is 1. The Hall–Kier alpha value is -2.40. The molecule has 1 amide bonds. The first kappa shape index (κ1) is 19.4. The van der Waals surface area contributed by atoms with Crippen LogP contribution in [0.5, 0.6) is 0 Å². The molecule has 5 heteroatoms. The van der Waals surface area contributed by atoms with Crippen molar-refractivity contribution in [3.05, 3.63) is 60.2 Å². The lowest BCUT2D eigenvalue weighted by molar-refractivity contribution is -0.136. The molecule has 5 nitrogen and oxygen atoms in total. The molecule has 1 fully saturated rings. The third-order valence-corrected chi connectivity index (χ3v) is 5.15. The fraction of sp³-hybridized carbons (Fsp3) is 0.455. The number of benzene rings is 1. The molecule has 0 radical (unpaired) electrons. The Bertz CT molecular complexity index is 758. The molecule has 1 aliphatic rings. The Labute approximate surface area is 162 Å². The highest BCUT2D eigenvalue weighted by atomic mass is 16.2. The third-order valence-electron chi connectivity index (χ3n) is 5.15. The minimum Gasteiger partial charge on any atom is -0.338 e. The summed E-state index contributed by atoms with van der Waals surface area (Å²) in [5, 5.41) is 0. The summed E-state index contributed by atoms with van der Waals surface area (Å²) in [7, 11) is 0. The van der Waals surface area contributed by atoms with E-state index < -0.39 is 0 Å². The second kappa shape index (κ2) is 9.00. The van der Waals surface area contributed by atoms with Gasteiger partial charge in [0.25, 0.3) is 0 Å². The minimum atomic E-state index is -0.200. The first-order valence-electron chi connectivity index (χ1n) is 9.81. The third kappa shape index (κ3) is 4.86. The molecule has 0 saturated carbocycles. The fourth-order valence-corrected chi connectivity index (χ4v) is 3.54. The van der Waals surface area contributed by atoms with Crippen molar-refractivity contribution in [3.8, 4) is 0 Å². The van der Waals surface area contributed by atoms with Gasteiger partial charge in [-0.2, -0.15) is 0 Å². The summed E-state index contributed by atoms with van der Waals surface area (Å²) in [6.45, 7) is 10.5. The molecule has 2 aromatic rings. The van der Waals surface area contributed by atoms with Crippen molar-refractivity contribution in [1.82, 2.24) is 19.4 Å². The van der Waals surface area contributed by atoms with E-state index >= 15 is 0 Å². The minimum absolute atomic E-state index is 0.189. The second-order valence-electron chi connectivity index (χ2n) is 7.46. The van der Waals surface area contributed by atoms with Gasteiger partial charge in [0.1, 0.15) is 11.9 Å². The van der Waals surface area contributed by atoms with Crippen molar-refractivity contribution in [2.45, 2.75) is 32.7 Å². The topological polar surface area (TPSA) is 41.4 Å². The molecule has 0 spiro atoms. The lowest BCUT2D eigenvalue weighted by atomic mass is 10.1. The van der Waals surface area contributed by atoms with Crippen LogP contribution in [0.25, 0.3) is 6.08 Å². The summed E-state index contributed by atoms with van der Waals surface area (Å²) >= 11 is 0. The van der Waals surface area contributed by atoms with Crippen molar-refractivity contribution in [2.75, 3.05) is 32.7 Å². The van der Waals surface area contributed by atoms with Gasteiger partial charge in [0.05, 0.1) is 0 Å². The van der Waals surface area contributed by atoms with Crippen LogP contribution in [0.3, 0.4) is 0 Å². The summed E-state index contributed by atoms with van der Waals surface area (Å²) in [5.74, 6) is 1.47. The molecule has 2 heterocycles. The first-order valence-corrected chi connectivity index (χ1v) is 9.81. The van der Waals surface area contributed by atoms with E-state index in [4.69, 9.17) is 0 Å². The Morgan fingerprint density at radius 1 is 1.11 bits per heavy atom. The largest absolute Gasteiger partial charge is 0.338 e. The first-order chi connectivity index (χ1) is 13.1. The highest BCUT2D eigenvalue weighted by Gasteiger charge is 2.26. The maximum Gasteiger partial charge on any atom is 0.245 e. The zero-order valence-corrected chi connectivity index (χ0v) is 16.6. The van der Waals surface area contributed by atoms with Crippen LogP contribution in [-0.2, 0) is 4.79 Å². The number of rotatable bonds is 6. The predicted molar refractivity (Wildman–Crippen MR) is 110 cm³/mol. The lowest BCUT2D eigenvalue weighted by Gasteiger charge is -2.35. The molecule has 1 saturated heterocycles. The van der Waals surface area contributed by atoms with Gasteiger partial charge in [0.15, 0.2) is 0 Å². The number of amides is 1. The van der Waals surface area contributed by atoms with E-state index in [-0.39, 0.29) is 11.9 Å². The number of nitrogens with zero attached hydrogens (tertiary/aromatic N) is 4. The molecular formula is C22H30N4O. The van der Waals surface area contributed by atoms with Gasteiger partial charge in [-0.05, 0) is 12.5 Å². The van der Waals surface area contributed by atoms with Gasteiger partial charge in [-0.15, -0.1) is 0 Å². The van der Waals surface area contributed by atoms with Gasteiger partial charge < -0.3 is 9.47 Å². The number of aromatic nitrogens is 2. The maximum atomic E-state index is 12.9. The van der Waals surface area contributed by atoms with Crippen LogP contribution in [0.4, 0.5) is 0 Å². The highest BCUT2D eigenvalue weighted by molar-refractivity contribution is 5.80. The van der Waals surface area contributed by atoms with Crippen LogP contribution in [0, 0.1) is 0 Å². The molecule has 1 atom stereocenters. The summed E-state index contributed by atoms with van der Waals surface area (Å²) in [4.78, 5) is 21.7. The van der Waals surface area contributed by atoms with Crippen LogP contribution in [-0.4, -0.2) is 58.0 Å².